The SMILES string of the molecule is O=[N+]([O-])c1ccc(Sc2ccccc2Cl)c(Cl)c1. The Morgan fingerprint density at radius 3 is 2.28 bits per heavy atom. The fourth-order valence-corrected chi connectivity index (χ4v) is 2.72. The first-order chi connectivity index (χ1) is 8.58. The number of nitro groups is 1. The molecule has 6 heteroatoms. The summed E-state index contributed by atoms with van der Waals surface area (Å²) in [4.78, 5) is 11.7. The van der Waals surface area contributed by atoms with Crippen molar-refractivity contribution in [2.24, 2.45) is 0 Å². The van der Waals surface area contributed by atoms with Crippen molar-refractivity contribution in [3.63, 3.8) is 0 Å². The molecule has 92 valence electrons. The Kier molecular flexibility index (Phi) is 4.11. The standard InChI is InChI=1S/C12H7Cl2NO2S/c13-9-3-1-2-4-11(9)18-12-6-5-8(15(16)17)7-10(12)14/h1-7H. The summed E-state index contributed by atoms with van der Waals surface area (Å²) < 4.78 is 0. The molecule has 2 aromatic rings. The van der Waals surface area contributed by atoms with Crippen molar-refractivity contribution in [1.29, 1.82) is 0 Å². The fraction of sp³-hybridized carbons (Fsp3) is 0. The molecule has 2 rings (SSSR count). The van der Waals surface area contributed by atoms with Gasteiger partial charge < -0.3 is 0 Å². The molecule has 0 aliphatic carbocycles. The molecule has 0 saturated carbocycles. The minimum absolute atomic E-state index is 0.0245. The molecular weight excluding hydrogens is 293 g/mol. The third kappa shape index (κ3) is 2.96. The number of nitrogens with zero attached hydrogens (tertiary/aromatic N) is 1. The summed E-state index contributed by atoms with van der Waals surface area (Å²) in [6.45, 7) is 0. The quantitative estimate of drug-likeness (QED) is 0.588. The summed E-state index contributed by atoms with van der Waals surface area (Å²) in [5.41, 5.74) is -0.0245. The van der Waals surface area contributed by atoms with E-state index in [4.69, 9.17) is 23.2 Å². The summed E-state index contributed by atoms with van der Waals surface area (Å²) in [7, 11) is 0. The largest absolute Gasteiger partial charge is 0.270 e. The number of halogens is 2. The minimum atomic E-state index is -0.476. The van der Waals surface area contributed by atoms with Gasteiger partial charge >= 0.3 is 0 Å². The molecule has 0 heterocycles. The van der Waals surface area contributed by atoms with Crippen molar-refractivity contribution in [2.45, 2.75) is 9.79 Å². The van der Waals surface area contributed by atoms with Gasteiger partial charge in [0, 0.05) is 21.9 Å². The van der Waals surface area contributed by atoms with Crippen LogP contribution >= 0.6 is 35.0 Å². The van der Waals surface area contributed by atoms with Crippen molar-refractivity contribution in [3.8, 4) is 0 Å². The maximum atomic E-state index is 10.6. The first-order valence-electron chi connectivity index (χ1n) is 4.94. The van der Waals surface area contributed by atoms with E-state index in [1.165, 1.54) is 23.9 Å². The molecule has 0 unspecified atom stereocenters. The molecule has 0 aromatic heterocycles. The number of rotatable bonds is 3. The van der Waals surface area contributed by atoms with Crippen LogP contribution in [-0.4, -0.2) is 4.92 Å². The maximum Gasteiger partial charge on any atom is 0.270 e. The Morgan fingerprint density at radius 1 is 1.00 bits per heavy atom. The second-order valence-corrected chi connectivity index (χ2v) is 5.30. The molecule has 0 radical (unpaired) electrons. The van der Waals surface area contributed by atoms with Gasteiger partial charge in [0.05, 0.1) is 15.0 Å². The van der Waals surface area contributed by atoms with Crippen LogP contribution in [0, 0.1) is 10.1 Å². The Labute approximate surface area is 118 Å². The maximum absolute atomic E-state index is 10.6. The van der Waals surface area contributed by atoms with Crippen molar-refractivity contribution in [3.05, 3.63) is 62.6 Å². The predicted octanol–water partition coefficient (Wildman–Crippen LogP) is 5.05. The Balaban J connectivity index is 2.30. The molecule has 0 N–H and O–H groups in total. The number of nitro benzene ring substituents is 1. The van der Waals surface area contributed by atoms with E-state index in [1.54, 1.807) is 12.1 Å². The number of hydrogen-bond acceptors (Lipinski definition) is 3. The summed E-state index contributed by atoms with van der Waals surface area (Å²) >= 11 is 13.4. The molecule has 0 aliphatic heterocycles. The van der Waals surface area contributed by atoms with Gasteiger partial charge in [0.1, 0.15) is 0 Å². The lowest BCUT2D eigenvalue weighted by molar-refractivity contribution is -0.384. The molecule has 0 spiro atoms. The molecule has 0 fully saturated rings. The molecule has 18 heavy (non-hydrogen) atoms. The van der Waals surface area contributed by atoms with E-state index in [2.05, 4.69) is 0 Å². The van der Waals surface area contributed by atoms with Crippen molar-refractivity contribution < 1.29 is 4.92 Å². The predicted molar refractivity (Wildman–Crippen MR) is 73.7 cm³/mol. The molecular formula is C12H7Cl2NO2S. The third-order valence-electron chi connectivity index (χ3n) is 2.18. The average Bonchev–Trinajstić information content (AvgIpc) is 2.34. The number of non-ortho nitro benzene ring substituents is 1. The van der Waals surface area contributed by atoms with Crippen LogP contribution in [0.25, 0.3) is 0 Å². The first kappa shape index (κ1) is 13.2. The monoisotopic (exact) mass is 299 g/mol. The molecule has 0 aliphatic rings. The summed E-state index contributed by atoms with van der Waals surface area (Å²) in [6, 6.07) is 11.7. The van der Waals surface area contributed by atoms with E-state index in [9.17, 15) is 10.1 Å². The lowest BCUT2D eigenvalue weighted by Gasteiger charge is -2.05. The molecule has 0 saturated heterocycles. The van der Waals surface area contributed by atoms with Gasteiger partial charge in [-0.3, -0.25) is 10.1 Å². The van der Waals surface area contributed by atoms with Gasteiger partial charge in [0.2, 0.25) is 0 Å². The van der Waals surface area contributed by atoms with Crippen LogP contribution in [0.4, 0.5) is 5.69 Å². The van der Waals surface area contributed by atoms with Gasteiger partial charge in [-0.2, -0.15) is 0 Å². The van der Waals surface area contributed by atoms with Crippen LogP contribution in [0.15, 0.2) is 52.3 Å². The zero-order chi connectivity index (χ0) is 13.1. The van der Waals surface area contributed by atoms with Gasteiger partial charge in [-0.15, -0.1) is 0 Å². The number of hydrogen-bond donors (Lipinski definition) is 0. The molecule has 0 amide bonds. The van der Waals surface area contributed by atoms with Crippen LogP contribution in [0.2, 0.25) is 10.0 Å². The topological polar surface area (TPSA) is 43.1 Å². The Morgan fingerprint density at radius 2 is 1.67 bits per heavy atom. The third-order valence-corrected chi connectivity index (χ3v) is 4.20. The normalized spacial score (nSPS) is 10.3. The van der Waals surface area contributed by atoms with Crippen molar-refractivity contribution >= 4 is 40.7 Å². The molecule has 2 aromatic carbocycles. The average molecular weight is 300 g/mol. The summed E-state index contributed by atoms with van der Waals surface area (Å²) in [6.07, 6.45) is 0. The second kappa shape index (κ2) is 5.61. The Hall–Kier alpha value is -1.23. The van der Waals surface area contributed by atoms with E-state index in [1.807, 2.05) is 18.2 Å². The van der Waals surface area contributed by atoms with Gasteiger partial charge in [-0.05, 0) is 18.2 Å². The smallest absolute Gasteiger partial charge is 0.258 e. The zero-order valence-electron chi connectivity index (χ0n) is 8.97. The van der Waals surface area contributed by atoms with Gasteiger partial charge in [0.25, 0.3) is 5.69 Å². The van der Waals surface area contributed by atoms with Crippen LogP contribution in [0.3, 0.4) is 0 Å². The van der Waals surface area contributed by atoms with Crippen LogP contribution in [-0.2, 0) is 0 Å². The highest BCUT2D eigenvalue weighted by Crippen LogP contribution is 2.38. The van der Waals surface area contributed by atoms with E-state index in [-0.39, 0.29) is 5.69 Å². The highest BCUT2D eigenvalue weighted by atomic mass is 35.5. The van der Waals surface area contributed by atoms with Crippen molar-refractivity contribution in [2.75, 3.05) is 0 Å². The fourth-order valence-electron chi connectivity index (χ4n) is 1.33. The summed E-state index contributed by atoms with van der Waals surface area (Å²) in [5.74, 6) is 0. The van der Waals surface area contributed by atoms with Gasteiger partial charge in [0.15, 0.2) is 0 Å². The second-order valence-electron chi connectivity index (χ2n) is 3.40. The lowest BCUT2D eigenvalue weighted by atomic mass is 10.3. The highest BCUT2D eigenvalue weighted by Gasteiger charge is 2.11. The zero-order valence-corrected chi connectivity index (χ0v) is 11.3. The molecule has 0 atom stereocenters. The highest BCUT2D eigenvalue weighted by molar-refractivity contribution is 7.99. The lowest BCUT2D eigenvalue weighted by Crippen LogP contribution is -1.87. The Bertz CT molecular complexity index is 604. The van der Waals surface area contributed by atoms with Crippen LogP contribution < -0.4 is 0 Å². The number of benzene rings is 2. The molecule has 0 bridgehead atoms. The van der Waals surface area contributed by atoms with E-state index in [0.29, 0.717) is 10.0 Å². The van der Waals surface area contributed by atoms with Gasteiger partial charge in [-0.1, -0.05) is 47.1 Å². The first-order valence-corrected chi connectivity index (χ1v) is 6.51. The van der Waals surface area contributed by atoms with E-state index in [0.717, 1.165) is 9.79 Å². The van der Waals surface area contributed by atoms with Crippen molar-refractivity contribution in [1.82, 2.24) is 0 Å². The van der Waals surface area contributed by atoms with E-state index < -0.39 is 4.92 Å². The van der Waals surface area contributed by atoms with Gasteiger partial charge in [-0.25, -0.2) is 0 Å². The minimum Gasteiger partial charge on any atom is -0.258 e. The molecule has 3 nitrogen and oxygen atoms in total. The van der Waals surface area contributed by atoms with Crippen LogP contribution in [0.5, 0.6) is 0 Å². The van der Waals surface area contributed by atoms with Crippen LogP contribution in [0.1, 0.15) is 0 Å². The summed E-state index contributed by atoms with van der Waals surface area (Å²) in [5, 5.41) is 11.6. The van der Waals surface area contributed by atoms with E-state index >= 15 is 0 Å².